The summed E-state index contributed by atoms with van der Waals surface area (Å²) in [5, 5.41) is 19.5. The average Bonchev–Trinajstić information content (AvgIpc) is 2.48. The van der Waals surface area contributed by atoms with Gasteiger partial charge in [-0.2, -0.15) is 0 Å². The van der Waals surface area contributed by atoms with E-state index in [4.69, 9.17) is 5.11 Å². The zero-order valence-corrected chi connectivity index (χ0v) is 12.4. The topological polar surface area (TPSA) is 53.4 Å². The lowest BCUT2D eigenvalue weighted by molar-refractivity contribution is 0.0330. The zero-order chi connectivity index (χ0) is 16.1. The summed E-state index contributed by atoms with van der Waals surface area (Å²) < 4.78 is 26.9. The summed E-state index contributed by atoms with van der Waals surface area (Å²) in [6.07, 6.45) is 0.887. The van der Waals surface area contributed by atoms with Gasteiger partial charge in [-0.15, -0.1) is 0 Å². The van der Waals surface area contributed by atoms with E-state index in [1.54, 1.807) is 12.1 Å². The number of halogens is 2. The van der Waals surface area contributed by atoms with Crippen LogP contribution in [0.2, 0.25) is 0 Å². The van der Waals surface area contributed by atoms with Gasteiger partial charge >= 0.3 is 0 Å². The van der Waals surface area contributed by atoms with Crippen LogP contribution in [0.25, 0.3) is 11.3 Å². The first-order chi connectivity index (χ1) is 10.3. The number of rotatable bonds is 1. The van der Waals surface area contributed by atoms with Crippen LogP contribution in [-0.2, 0) is 6.42 Å². The normalized spacial score (nSPS) is 19.8. The Morgan fingerprint density at radius 2 is 1.82 bits per heavy atom. The number of fused-ring (bicyclic) bond motifs is 1. The van der Waals surface area contributed by atoms with Gasteiger partial charge in [0.1, 0.15) is 0 Å². The number of phenolic OH excluding ortho intramolecular Hbond substituents is 1. The van der Waals surface area contributed by atoms with Gasteiger partial charge < -0.3 is 10.2 Å². The van der Waals surface area contributed by atoms with Crippen LogP contribution in [0.5, 0.6) is 5.75 Å². The van der Waals surface area contributed by atoms with Gasteiger partial charge in [0.25, 0.3) is 0 Å². The second-order valence-corrected chi connectivity index (χ2v) is 6.41. The minimum Gasteiger partial charge on any atom is -0.503 e. The Morgan fingerprint density at radius 3 is 2.45 bits per heavy atom. The molecular formula is C17H17F2NO2. The van der Waals surface area contributed by atoms with Gasteiger partial charge in [-0.25, -0.2) is 8.78 Å². The molecule has 0 saturated heterocycles. The third-order valence-corrected chi connectivity index (χ3v) is 4.36. The van der Waals surface area contributed by atoms with Crippen molar-refractivity contribution in [2.45, 2.75) is 32.8 Å². The number of aryl methyl sites for hydroxylation is 1. The number of aromatic nitrogens is 1. The van der Waals surface area contributed by atoms with E-state index in [0.717, 1.165) is 29.8 Å². The number of hydrogen-bond acceptors (Lipinski definition) is 3. The number of aliphatic hydroxyl groups excluding tert-OH is 1. The molecule has 2 N–H and O–H groups in total. The lowest BCUT2D eigenvalue weighted by Gasteiger charge is -2.36. The van der Waals surface area contributed by atoms with Crippen LogP contribution < -0.4 is 0 Å². The highest BCUT2D eigenvalue weighted by Crippen LogP contribution is 2.43. The van der Waals surface area contributed by atoms with E-state index >= 15 is 0 Å². The summed E-state index contributed by atoms with van der Waals surface area (Å²) >= 11 is 0. The van der Waals surface area contributed by atoms with Crippen LogP contribution in [0.1, 0.15) is 37.6 Å². The number of pyridine rings is 1. The molecule has 0 spiro atoms. The molecule has 22 heavy (non-hydrogen) atoms. The Morgan fingerprint density at radius 1 is 1.18 bits per heavy atom. The Labute approximate surface area is 127 Å². The fraction of sp³-hybridized carbons (Fsp3) is 0.353. The first kappa shape index (κ1) is 14.9. The van der Waals surface area contributed by atoms with Gasteiger partial charge in [0.2, 0.25) is 0 Å². The lowest BCUT2D eigenvalue weighted by Crippen LogP contribution is -2.28. The van der Waals surface area contributed by atoms with Crippen molar-refractivity contribution in [2.75, 3.05) is 0 Å². The Kier molecular flexibility index (Phi) is 3.40. The molecule has 1 aliphatic carbocycles. The van der Waals surface area contributed by atoms with E-state index < -0.39 is 23.5 Å². The Bertz CT molecular complexity index is 720. The molecule has 3 nitrogen and oxygen atoms in total. The van der Waals surface area contributed by atoms with Crippen molar-refractivity contribution in [1.82, 2.24) is 4.98 Å². The zero-order valence-electron chi connectivity index (χ0n) is 12.4. The highest BCUT2D eigenvalue weighted by molar-refractivity contribution is 5.61. The van der Waals surface area contributed by atoms with Crippen LogP contribution in [-0.4, -0.2) is 15.2 Å². The highest BCUT2D eigenvalue weighted by Gasteiger charge is 2.35. The number of aromatic hydroxyl groups is 1. The summed E-state index contributed by atoms with van der Waals surface area (Å²) in [6, 6.07) is 5.49. The third kappa shape index (κ3) is 2.35. The molecule has 0 radical (unpaired) electrons. The van der Waals surface area contributed by atoms with E-state index in [9.17, 15) is 13.9 Å². The third-order valence-electron chi connectivity index (χ3n) is 4.36. The summed E-state index contributed by atoms with van der Waals surface area (Å²) in [4.78, 5) is 4.44. The number of phenols is 1. The molecule has 3 rings (SSSR count). The lowest BCUT2D eigenvalue weighted by atomic mass is 9.73. The monoisotopic (exact) mass is 305 g/mol. The number of nitrogens with zero attached hydrogens (tertiary/aromatic N) is 1. The van der Waals surface area contributed by atoms with E-state index in [-0.39, 0.29) is 11.0 Å². The molecule has 0 bridgehead atoms. The van der Waals surface area contributed by atoms with Crippen molar-refractivity contribution in [3.8, 4) is 17.0 Å². The summed E-state index contributed by atoms with van der Waals surface area (Å²) in [5.74, 6) is -3.02. The highest BCUT2D eigenvalue weighted by atomic mass is 19.1. The van der Waals surface area contributed by atoms with Gasteiger partial charge in [-0.05, 0) is 36.5 Å². The second-order valence-electron chi connectivity index (χ2n) is 6.41. The van der Waals surface area contributed by atoms with Crippen molar-refractivity contribution in [2.24, 2.45) is 5.41 Å². The molecule has 1 aliphatic rings. The molecule has 0 saturated carbocycles. The molecule has 5 heteroatoms. The molecule has 0 aliphatic heterocycles. The molecule has 0 amide bonds. The molecule has 1 aromatic heterocycles. The van der Waals surface area contributed by atoms with Gasteiger partial charge in [-0.3, -0.25) is 4.98 Å². The number of hydrogen-bond donors (Lipinski definition) is 2. The molecule has 0 fully saturated rings. The SMILES string of the molecule is CC1(C)CCc2nc(-c3cc(F)c(O)c(F)c3)ccc2C1O. The second kappa shape index (κ2) is 5.02. The maximum Gasteiger partial charge on any atom is 0.187 e. The average molecular weight is 305 g/mol. The summed E-state index contributed by atoms with van der Waals surface area (Å²) in [6.45, 7) is 4.00. The van der Waals surface area contributed by atoms with Crippen LogP contribution in [0.15, 0.2) is 24.3 Å². The molecule has 1 atom stereocenters. The molecule has 116 valence electrons. The minimum atomic E-state index is -1.02. The summed E-state index contributed by atoms with van der Waals surface area (Å²) in [7, 11) is 0. The van der Waals surface area contributed by atoms with Gasteiger partial charge in [0, 0.05) is 16.8 Å². The molecule has 2 aromatic rings. The van der Waals surface area contributed by atoms with E-state index in [0.29, 0.717) is 12.1 Å². The first-order valence-corrected chi connectivity index (χ1v) is 7.16. The van der Waals surface area contributed by atoms with Crippen molar-refractivity contribution in [1.29, 1.82) is 0 Å². The predicted octanol–water partition coefficient (Wildman–Crippen LogP) is 3.74. The van der Waals surface area contributed by atoms with Crippen LogP contribution >= 0.6 is 0 Å². The van der Waals surface area contributed by atoms with Gasteiger partial charge in [0.05, 0.1) is 11.8 Å². The first-order valence-electron chi connectivity index (χ1n) is 7.16. The molecule has 1 aromatic carbocycles. The predicted molar refractivity (Wildman–Crippen MR) is 78.3 cm³/mol. The standard InChI is InChI=1S/C17H17F2NO2/c1-17(2)6-5-14-10(16(17)22)3-4-13(20-14)9-7-11(18)15(21)12(19)8-9/h3-4,7-8,16,21-22H,5-6H2,1-2H3. The quantitative estimate of drug-likeness (QED) is 0.844. The Balaban J connectivity index is 2.05. The maximum atomic E-state index is 13.5. The fourth-order valence-electron chi connectivity index (χ4n) is 2.83. The summed E-state index contributed by atoms with van der Waals surface area (Å²) in [5.41, 5.74) is 1.98. The Hall–Kier alpha value is -2.01. The van der Waals surface area contributed by atoms with Crippen LogP contribution in [0, 0.1) is 17.0 Å². The minimum absolute atomic E-state index is 0.215. The maximum absolute atomic E-state index is 13.5. The fourth-order valence-corrected chi connectivity index (χ4v) is 2.83. The van der Waals surface area contributed by atoms with Crippen molar-refractivity contribution >= 4 is 0 Å². The molecular weight excluding hydrogens is 288 g/mol. The van der Waals surface area contributed by atoms with Crippen LogP contribution in [0.3, 0.4) is 0 Å². The van der Waals surface area contributed by atoms with Gasteiger partial charge in [-0.1, -0.05) is 19.9 Å². The van der Waals surface area contributed by atoms with Crippen molar-refractivity contribution < 1.29 is 19.0 Å². The smallest absolute Gasteiger partial charge is 0.187 e. The molecule has 1 unspecified atom stereocenters. The number of aliphatic hydroxyl groups is 1. The van der Waals surface area contributed by atoms with Crippen molar-refractivity contribution in [3.63, 3.8) is 0 Å². The molecule has 1 heterocycles. The number of benzene rings is 1. The van der Waals surface area contributed by atoms with E-state index in [1.807, 2.05) is 13.8 Å². The largest absolute Gasteiger partial charge is 0.503 e. The van der Waals surface area contributed by atoms with Gasteiger partial charge in [0.15, 0.2) is 17.4 Å². The van der Waals surface area contributed by atoms with Crippen molar-refractivity contribution in [3.05, 3.63) is 47.2 Å². The van der Waals surface area contributed by atoms with Crippen LogP contribution in [0.4, 0.5) is 8.78 Å². The van der Waals surface area contributed by atoms with E-state index in [2.05, 4.69) is 4.98 Å². The van der Waals surface area contributed by atoms with E-state index in [1.165, 1.54) is 0 Å².